The number of ether oxygens (including phenoxy) is 1. The summed E-state index contributed by atoms with van der Waals surface area (Å²) in [5.41, 5.74) is 2.97. The molecule has 0 unspecified atom stereocenters. The molecule has 2 heterocycles. The Morgan fingerprint density at radius 2 is 2.00 bits per heavy atom. The second kappa shape index (κ2) is 7.25. The molecule has 0 aliphatic rings. The summed E-state index contributed by atoms with van der Waals surface area (Å²) in [7, 11) is 3.61. The Balaban J connectivity index is 1.72. The topological polar surface area (TPSA) is 60.5 Å². The number of hydrogen-bond acceptors (Lipinski definition) is 4. The number of halogens is 1. The van der Waals surface area contributed by atoms with Gasteiger partial charge >= 0.3 is 0 Å². The number of benzene rings is 1. The van der Waals surface area contributed by atoms with Crippen molar-refractivity contribution < 1.29 is 13.9 Å². The highest BCUT2D eigenvalue weighted by molar-refractivity contribution is 6.32. The monoisotopic (exact) mass is 373 g/mol. The zero-order chi connectivity index (χ0) is 18.8. The first kappa shape index (κ1) is 18.1. The molecule has 3 rings (SSSR count). The zero-order valence-corrected chi connectivity index (χ0v) is 15.9. The van der Waals surface area contributed by atoms with E-state index in [4.69, 9.17) is 20.8 Å². The second-order valence-electron chi connectivity index (χ2n) is 6.09. The summed E-state index contributed by atoms with van der Waals surface area (Å²) in [6.07, 6.45) is 0. The van der Waals surface area contributed by atoms with Crippen molar-refractivity contribution in [2.24, 2.45) is 7.05 Å². The van der Waals surface area contributed by atoms with Gasteiger partial charge in [-0.25, -0.2) is 0 Å². The van der Waals surface area contributed by atoms with Gasteiger partial charge in [-0.05, 0) is 32.0 Å². The maximum Gasteiger partial charge on any atom is 0.290 e. The molecule has 3 aromatic rings. The second-order valence-corrected chi connectivity index (χ2v) is 6.49. The maximum atomic E-state index is 12.6. The average Bonchev–Trinajstić information content (AvgIpc) is 3.16. The lowest BCUT2D eigenvalue weighted by atomic mass is 10.2. The third-order valence-electron chi connectivity index (χ3n) is 4.24. The lowest BCUT2D eigenvalue weighted by Crippen LogP contribution is -2.26. The van der Waals surface area contributed by atoms with E-state index in [0.29, 0.717) is 17.3 Å². The number of para-hydroxylation sites is 1. The fourth-order valence-electron chi connectivity index (χ4n) is 2.67. The van der Waals surface area contributed by atoms with Crippen LogP contribution in [0, 0.1) is 13.8 Å². The normalized spacial score (nSPS) is 10.8. The Labute approximate surface area is 156 Å². The van der Waals surface area contributed by atoms with Crippen LogP contribution in [-0.4, -0.2) is 27.6 Å². The van der Waals surface area contributed by atoms with Gasteiger partial charge in [-0.15, -0.1) is 0 Å². The molecule has 1 amide bonds. The highest BCUT2D eigenvalue weighted by atomic mass is 35.5. The quantitative estimate of drug-likeness (QED) is 0.667. The van der Waals surface area contributed by atoms with Crippen LogP contribution in [0.2, 0.25) is 5.02 Å². The number of rotatable bonds is 5. The number of nitrogens with zero attached hydrogens (tertiary/aromatic N) is 3. The van der Waals surface area contributed by atoms with Crippen molar-refractivity contribution in [3.05, 3.63) is 64.1 Å². The van der Waals surface area contributed by atoms with Crippen molar-refractivity contribution in [1.82, 2.24) is 14.7 Å². The van der Waals surface area contributed by atoms with Crippen molar-refractivity contribution in [3.8, 4) is 11.7 Å². The van der Waals surface area contributed by atoms with Crippen LogP contribution in [0.4, 0.5) is 0 Å². The average molecular weight is 374 g/mol. The Morgan fingerprint density at radius 1 is 1.27 bits per heavy atom. The van der Waals surface area contributed by atoms with Crippen molar-refractivity contribution in [1.29, 1.82) is 0 Å². The maximum absolute atomic E-state index is 12.6. The molecule has 2 aromatic heterocycles. The van der Waals surface area contributed by atoms with Crippen molar-refractivity contribution in [2.75, 3.05) is 7.05 Å². The van der Waals surface area contributed by atoms with Gasteiger partial charge in [0.1, 0.15) is 5.75 Å². The molecule has 0 saturated carbocycles. The Morgan fingerprint density at radius 3 is 2.65 bits per heavy atom. The molecule has 26 heavy (non-hydrogen) atoms. The van der Waals surface area contributed by atoms with Gasteiger partial charge < -0.3 is 14.1 Å². The summed E-state index contributed by atoms with van der Waals surface area (Å²) in [5, 5.41) is 4.85. The Kier molecular flexibility index (Phi) is 5.04. The SMILES string of the molecule is Cc1nn(C)c(C)c1CN(C)C(=O)c1ccc(Oc2ccccc2Cl)o1. The number of carbonyl (C=O) groups excluding carboxylic acids is 1. The van der Waals surface area contributed by atoms with Crippen molar-refractivity contribution >= 4 is 17.5 Å². The van der Waals surface area contributed by atoms with E-state index in [9.17, 15) is 4.79 Å². The highest BCUT2D eigenvalue weighted by Gasteiger charge is 2.20. The summed E-state index contributed by atoms with van der Waals surface area (Å²) >= 11 is 6.07. The zero-order valence-electron chi connectivity index (χ0n) is 15.1. The van der Waals surface area contributed by atoms with Gasteiger partial charge in [0.05, 0.1) is 10.7 Å². The molecule has 0 bridgehead atoms. The molecule has 0 N–H and O–H groups in total. The van der Waals surface area contributed by atoms with Gasteiger partial charge in [0.15, 0.2) is 5.76 Å². The largest absolute Gasteiger partial charge is 0.424 e. The molecule has 0 fully saturated rings. The number of hydrogen-bond donors (Lipinski definition) is 0. The fraction of sp³-hybridized carbons (Fsp3) is 0.263. The molecule has 1 aromatic carbocycles. The van der Waals surface area contributed by atoms with Gasteiger partial charge in [-0.1, -0.05) is 23.7 Å². The summed E-state index contributed by atoms with van der Waals surface area (Å²) in [4.78, 5) is 14.2. The fourth-order valence-corrected chi connectivity index (χ4v) is 2.84. The summed E-state index contributed by atoms with van der Waals surface area (Å²) < 4.78 is 12.9. The van der Waals surface area contributed by atoms with Crippen molar-refractivity contribution in [2.45, 2.75) is 20.4 Å². The molecule has 0 saturated heterocycles. The Hall–Kier alpha value is -2.73. The number of amides is 1. The van der Waals surface area contributed by atoms with Crippen LogP contribution in [0.3, 0.4) is 0 Å². The van der Waals surface area contributed by atoms with Crippen LogP contribution < -0.4 is 4.74 Å². The lowest BCUT2D eigenvalue weighted by Gasteiger charge is -2.16. The van der Waals surface area contributed by atoms with E-state index < -0.39 is 0 Å². The van der Waals surface area contributed by atoms with Gasteiger partial charge in [0.2, 0.25) is 0 Å². The van der Waals surface area contributed by atoms with Crippen LogP contribution in [0.15, 0.2) is 40.8 Å². The van der Waals surface area contributed by atoms with Gasteiger partial charge in [-0.3, -0.25) is 9.48 Å². The first-order valence-corrected chi connectivity index (χ1v) is 8.51. The van der Waals surface area contributed by atoms with E-state index in [1.807, 2.05) is 37.7 Å². The molecule has 0 radical (unpaired) electrons. The molecule has 7 heteroatoms. The molecular formula is C19H20ClN3O3. The predicted molar refractivity (Wildman–Crippen MR) is 98.7 cm³/mol. The number of furan rings is 1. The minimum atomic E-state index is -0.235. The third-order valence-corrected chi connectivity index (χ3v) is 4.55. The van der Waals surface area contributed by atoms with Crippen molar-refractivity contribution in [3.63, 3.8) is 0 Å². The predicted octanol–water partition coefficient (Wildman–Crippen LogP) is 4.35. The molecular weight excluding hydrogens is 354 g/mol. The first-order chi connectivity index (χ1) is 12.4. The number of carbonyl (C=O) groups is 1. The van der Waals surface area contributed by atoms with Crippen LogP contribution in [0.25, 0.3) is 0 Å². The summed E-state index contributed by atoms with van der Waals surface area (Å²) in [6.45, 7) is 4.37. The molecule has 0 atom stereocenters. The summed E-state index contributed by atoms with van der Waals surface area (Å²) in [6, 6.07) is 10.3. The standard InChI is InChI=1S/C19H20ClN3O3/c1-12-14(13(2)23(4)21-12)11-22(3)19(24)17-9-10-18(26-17)25-16-8-6-5-7-15(16)20/h5-10H,11H2,1-4H3. The Bertz CT molecular complexity index is 945. The van der Waals surface area contributed by atoms with E-state index in [2.05, 4.69) is 5.10 Å². The third kappa shape index (κ3) is 3.60. The smallest absolute Gasteiger partial charge is 0.290 e. The van der Waals surface area contributed by atoms with Gasteiger partial charge in [-0.2, -0.15) is 5.10 Å². The lowest BCUT2D eigenvalue weighted by molar-refractivity contribution is 0.0748. The minimum Gasteiger partial charge on any atom is -0.424 e. The van der Waals surface area contributed by atoms with Crippen LogP contribution >= 0.6 is 11.6 Å². The van der Waals surface area contributed by atoms with E-state index in [0.717, 1.165) is 17.0 Å². The highest BCUT2D eigenvalue weighted by Crippen LogP contribution is 2.30. The summed E-state index contributed by atoms with van der Waals surface area (Å²) in [5.74, 6) is 0.650. The molecule has 0 aliphatic carbocycles. The first-order valence-electron chi connectivity index (χ1n) is 8.13. The van der Waals surface area contributed by atoms with E-state index in [1.165, 1.54) is 0 Å². The van der Waals surface area contributed by atoms with E-state index in [-0.39, 0.29) is 17.6 Å². The van der Waals surface area contributed by atoms with E-state index >= 15 is 0 Å². The molecule has 6 nitrogen and oxygen atoms in total. The number of aryl methyl sites for hydroxylation is 2. The van der Waals surface area contributed by atoms with Crippen LogP contribution in [0.1, 0.15) is 27.5 Å². The van der Waals surface area contributed by atoms with Crippen LogP contribution in [-0.2, 0) is 13.6 Å². The minimum absolute atomic E-state index is 0.203. The van der Waals surface area contributed by atoms with Crippen LogP contribution in [0.5, 0.6) is 11.7 Å². The van der Waals surface area contributed by atoms with Gasteiger partial charge in [0, 0.05) is 38.0 Å². The molecule has 0 spiro atoms. The molecule has 136 valence electrons. The number of aromatic nitrogens is 2. The molecule has 0 aliphatic heterocycles. The van der Waals surface area contributed by atoms with E-state index in [1.54, 1.807) is 36.2 Å². The van der Waals surface area contributed by atoms with Gasteiger partial charge in [0.25, 0.3) is 11.9 Å².